The van der Waals surface area contributed by atoms with Gasteiger partial charge in [0.05, 0.1) is 17.9 Å². The minimum Gasteiger partial charge on any atom is -0.507 e. The van der Waals surface area contributed by atoms with E-state index in [1.807, 2.05) is 32.0 Å². The maximum absolute atomic E-state index is 12.9. The third-order valence-electron chi connectivity index (χ3n) is 5.43. The standard InChI is InChI=1S/C22H23NO5/c1-13-7-8-14(2)16(11-13)20(24)18-19(17-6-4-10-28-17)23(22(26)21(18)25)12-15-5-3-9-27-15/h4,6-8,10-11,15,19,24H,3,5,9,12H2,1-2H3/b20-18-. The molecule has 2 atom stereocenters. The largest absolute Gasteiger partial charge is 0.507 e. The lowest BCUT2D eigenvalue weighted by Crippen LogP contribution is -2.36. The van der Waals surface area contributed by atoms with Gasteiger partial charge in [-0.2, -0.15) is 0 Å². The fourth-order valence-corrected chi connectivity index (χ4v) is 3.95. The Morgan fingerprint density at radius 1 is 1.25 bits per heavy atom. The normalized spacial score (nSPS) is 24.3. The molecule has 4 rings (SSSR count). The molecule has 2 unspecified atom stereocenters. The molecule has 146 valence electrons. The number of likely N-dealkylation sites (tertiary alicyclic amines) is 1. The third-order valence-corrected chi connectivity index (χ3v) is 5.43. The van der Waals surface area contributed by atoms with Gasteiger partial charge in [0.2, 0.25) is 0 Å². The number of rotatable bonds is 4. The van der Waals surface area contributed by atoms with E-state index in [-0.39, 0.29) is 17.4 Å². The van der Waals surface area contributed by atoms with E-state index in [4.69, 9.17) is 9.15 Å². The van der Waals surface area contributed by atoms with Gasteiger partial charge in [-0.1, -0.05) is 17.7 Å². The van der Waals surface area contributed by atoms with Crippen LogP contribution >= 0.6 is 0 Å². The van der Waals surface area contributed by atoms with Crippen LogP contribution in [-0.2, 0) is 14.3 Å². The molecule has 2 aromatic rings. The highest BCUT2D eigenvalue weighted by molar-refractivity contribution is 6.46. The minimum absolute atomic E-state index is 0.0617. The van der Waals surface area contributed by atoms with Crippen molar-refractivity contribution in [3.05, 3.63) is 64.6 Å². The number of hydrogen-bond donors (Lipinski definition) is 1. The lowest BCUT2D eigenvalue weighted by Gasteiger charge is -2.25. The number of Topliss-reactive ketones (excluding diaryl/α,β-unsaturated/α-hetero) is 1. The molecule has 28 heavy (non-hydrogen) atoms. The molecule has 6 heteroatoms. The Balaban J connectivity index is 1.83. The van der Waals surface area contributed by atoms with Gasteiger partial charge in [0.25, 0.3) is 11.7 Å². The molecule has 3 heterocycles. The predicted octanol–water partition coefficient (Wildman–Crippen LogP) is 3.50. The highest BCUT2D eigenvalue weighted by Crippen LogP contribution is 2.40. The summed E-state index contributed by atoms with van der Waals surface area (Å²) in [6.45, 7) is 4.72. The average molecular weight is 381 g/mol. The molecule has 0 radical (unpaired) electrons. The van der Waals surface area contributed by atoms with Crippen LogP contribution in [0.2, 0.25) is 0 Å². The molecule has 2 fully saturated rings. The van der Waals surface area contributed by atoms with Crippen LogP contribution < -0.4 is 0 Å². The third kappa shape index (κ3) is 3.14. The summed E-state index contributed by atoms with van der Waals surface area (Å²) in [5.74, 6) is -1.05. The summed E-state index contributed by atoms with van der Waals surface area (Å²) in [6, 6.07) is 8.30. The van der Waals surface area contributed by atoms with Crippen molar-refractivity contribution in [2.75, 3.05) is 13.2 Å². The molecular weight excluding hydrogens is 358 g/mol. The smallest absolute Gasteiger partial charge is 0.295 e. The van der Waals surface area contributed by atoms with Crippen molar-refractivity contribution >= 4 is 17.4 Å². The van der Waals surface area contributed by atoms with E-state index in [1.165, 1.54) is 11.2 Å². The van der Waals surface area contributed by atoms with E-state index < -0.39 is 17.7 Å². The van der Waals surface area contributed by atoms with Crippen LogP contribution in [0, 0.1) is 13.8 Å². The Kier molecular flexibility index (Phi) is 4.81. The average Bonchev–Trinajstić information content (AvgIpc) is 3.42. The minimum atomic E-state index is -0.765. The summed E-state index contributed by atoms with van der Waals surface area (Å²) in [5, 5.41) is 11.1. The summed E-state index contributed by atoms with van der Waals surface area (Å²) in [4.78, 5) is 27.2. The van der Waals surface area contributed by atoms with Gasteiger partial charge in [0, 0.05) is 18.7 Å². The van der Waals surface area contributed by atoms with Crippen LogP contribution in [-0.4, -0.2) is 41.0 Å². The molecule has 0 aliphatic carbocycles. The summed E-state index contributed by atoms with van der Waals surface area (Å²) >= 11 is 0. The molecule has 1 amide bonds. The van der Waals surface area contributed by atoms with Crippen molar-refractivity contribution < 1.29 is 23.8 Å². The first kappa shape index (κ1) is 18.5. The van der Waals surface area contributed by atoms with E-state index in [0.717, 1.165) is 24.0 Å². The molecule has 0 spiro atoms. The summed E-state index contributed by atoms with van der Waals surface area (Å²) in [5.41, 5.74) is 2.39. The maximum Gasteiger partial charge on any atom is 0.295 e. The second-order valence-electron chi connectivity index (χ2n) is 7.42. The van der Waals surface area contributed by atoms with Gasteiger partial charge < -0.3 is 19.2 Å². The second-order valence-corrected chi connectivity index (χ2v) is 7.42. The zero-order valence-corrected chi connectivity index (χ0v) is 16.0. The monoisotopic (exact) mass is 381 g/mol. The van der Waals surface area contributed by atoms with Crippen LogP contribution in [0.3, 0.4) is 0 Å². The quantitative estimate of drug-likeness (QED) is 0.498. The number of amides is 1. The first-order valence-corrected chi connectivity index (χ1v) is 9.48. The Labute approximate surface area is 163 Å². The lowest BCUT2D eigenvalue weighted by molar-refractivity contribution is -0.141. The van der Waals surface area contributed by atoms with Crippen LogP contribution in [0.25, 0.3) is 5.76 Å². The number of nitrogens with zero attached hydrogens (tertiary/aromatic N) is 1. The van der Waals surface area contributed by atoms with Crippen molar-refractivity contribution in [1.29, 1.82) is 0 Å². The van der Waals surface area contributed by atoms with Crippen LogP contribution in [0.15, 0.2) is 46.6 Å². The van der Waals surface area contributed by atoms with Crippen LogP contribution in [0.1, 0.15) is 41.3 Å². The lowest BCUT2D eigenvalue weighted by atomic mass is 9.96. The number of carbonyl (C=O) groups is 2. The molecule has 1 aromatic carbocycles. The Morgan fingerprint density at radius 2 is 2.07 bits per heavy atom. The van der Waals surface area contributed by atoms with Gasteiger partial charge in [-0.25, -0.2) is 0 Å². The molecule has 1 N–H and O–H groups in total. The molecule has 1 aromatic heterocycles. The van der Waals surface area contributed by atoms with E-state index in [0.29, 0.717) is 24.5 Å². The number of ketones is 1. The van der Waals surface area contributed by atoms with Gasteiger partial charge in [-0.3, -0.25) is 9.59 Å². The van der Waals surface area contributed by atoms with E-state index in [9.17, 15) is 14.7 Å². The van der Waals surface area contributed by atoms with E-state index in [1.54, 1.807) is 12.1 Å². The fourth-order valence-electron chi connectivity index (χ4n) is 3.95. The van der Waals surface area contributed by atoms with Crippen molar-refractivity contribution in [1.82, 2.24) is 4.90 Å². The van der Waals surface area contributed by atoms with Gasteiger partial charge in [0.1, 0.15) is 17.6 Å². The van der Waals surface area contributed by atoms with Crippen molar-refractivity contribution in [2.45, 2.75) is 38.8 Å². The van der Waals surface area contributed by atoms with Gasteiger partial charge in [0.15, 0.2) is 0 Å². The molecule has 6 nitrogen and oxygen atoms in total. The first-order chi connectivity index (χ1) is 13.5. The number of carbonyl (C=O) groups excluding carboxylic acids is 2. The number of aliphatic hydroxyl groups is 1. The number of hydrogen-bond acceptors (Lipinski definition) is 5. The SMILES string of the molecule is Cc1ccc(C)c(/C(O)=C2/C(=O)C(=O)N(CC3CCCO3)C2c2ccco2)c1. The van der Waals surface area contributed by atoms with Crippen LogP contribution in [0.4, 0.5) is 0 Å². The zero-order valence-electron chi connectivity index (χ0n) is 16.0. The highest BCUT2D eigenvalue weighted by Gasteiger charge is 2.48. The zero-order chi connectivity index (χ0) is 19.8. The van der Waals surface area contributed by atoms with Crippen molar-refractivity contribution in [3.63, 3.8) is 0 Å². The molecule has 0 saturated carbocycles. The van der Waals surface area contributed by atoms with Crippen LogP contribution in [0.5, 0.6) is 0 Å². The second kappa shape index (κ2) is 7.28. The molecule has 2 aliphatic rings. The Hall–Kier alpha value is -2.86. The Bertz CT molecular complexity index is 938. The number of ether oxygens (including phenoxy) is 1. The number of furan rings is 1. The van der Waals surface area contributed by atoms with Crippen molar-refractivity contribution in [2.24, 2.45) is 0 Å². The summed E-state index contributed by atoms with van der Waals surface area (Å²) in [6.07, 6.45) is 3.16. The van der Waals surface area contributed by atoms with Crippen molar-refractivity contribution in [3.8, 4) is 0 Å². The number of aryl methyl sites for hydroxylation is 2. The Morgan fingerprint density at radius 3 is 2.75 bits per heavy atom. The van der Waals surface area contributed by atoms with Gasteiger partial charge in [-0.05, 0) is 50.5 Å². The molecule has 2 saturated heterocycles. The number of benzene rings is 1. The maximum atomic E-state index is 12.9. The molecule has 2 aliphatic heterocycles. The highest BCUT2D eigenvalue weighted by atomic mass is 16.5. The fraction of sp³-hybridized carbons (Fsp3) is 0.364. The van der Waals surface area contributed by atoms with Gasteiger partial charge in [-0.15, -0.1) is 0 Å². The summed E-state index contributed by atoms with van der Waals surface area (Å²) in [7, 11) is 0. The first-order valence-electron chi connectivity index (χ1n) is 9.48. The molecule has 0 bridgehead atoms. The topological polar surface area (TPSA) is 80.0 Å². The van der Waals surface area contributed by atoms with E-state index >= 15 is 0 Å². The summed E-state index contributed by atoms with van der Waals surface area (Å²) < 4.78 is 11.2. The molecular formula is C22H23NO5. The predicted molar refractivity (Wildman–Crippen MR) is 103 cm³/mol. The van der Waals surface area contributed by atoms with E-state index in [2.05, 4.69) is 0 Å². The number of aliphatic hydroxyl groups excluding tert-OH is 1. The van der Waals surface area contributed by atoms with Gasteiger partial charge >= 0.3 is 0 Å².